The van der Waals surface area contributed by atoms with Gasteiger partial charge in [0.1, 0.15) is 0 Å². The lowest BCUT2D eigenvalue weighted by Crippen LogP contribution is -2.25. The van der Waals surface area contributed by atoms with E-state index in [-0.39, 0.29) is 5.56 Å². The van der Waals surface area contributed by atoms with Crippen LogP contribution < -0.4 is 15.8 Å². The zero-order valence-electron chi connectivity index (χ0n) is 19.3. The highest BCUT2D eigenvalue weighted by atomic mass is 32.1. The van der Waals surface area contributed by atoms with Crippen LogP contribution in [0.3, 0.4) is 0 Å². The Bertz CT molecular complexity index is 1680. The smallest absolute Gasteiger partial charge is 0.291 e. The summed E-state index contributed by atoms with van der Waals surface area (Å²) in [6, 6.07) is 22.2. The van der Waals surface area contributed by atoms with Crippen LogP contribution in [0.25, 0.3) is 22.0 Å². The molecule has 0 radical (unpaired) electrons. The SMILES string of the molecule is Cc1c(N=c2scc(-c3cccs3)n2NC2=CCc3ccccc32)c(=O)n(-c2ccccc2)n1C. The van der Waals surface area contributed by atoms with Gasteiger partial charge in [-0.05, 0) is 42.5 Å². The highest BCUT2D eigenvalue weighted by molar-refractivity contribution is 7.14. The first-order valence-corrected chi connectivity index (χ1v) is 13.1. The minimum atomic E-state index is -0.140. The summed E-state index contributed by atoms with van der Waals surface area (Å²) >= 11 is 3.20. The molecular weight excluding hydrogens is 474 g/mol. The number of thiophene rings is 1. The van der Waals surface area contributed by atoms with Crippen molar-refractivity contribution in [2.24, 2.45) is 12.0 Å². The van der Waals surface area contributed by atoms with Crippen molar-refractivity contribution in [1.29, 1.82) is 0 Å². The standard InChI is InChI=1S/C27H23N5OS2/c1-18-25(26(33)32(30(18)2)20-10-4-3-5-11-20)28-27-31(23(17-35-27)24-13-8-16-34-24)29-22-15-14-19-9-6-7-12-21(19)22/h3-13,15-17,29H,14H2,1-2H3. The second-order valence-corrected chi connectivity index (χ2v) is 10.1. The summed E-state index contributed by atoms with van der Waals surface area (Å²) in [6.07, 6.45) is 3.09. The fourth-order valence-electron chi connectivity index (χ4n) is 4.38. The van der Waals surface area contributed by atoms with Crippen molar-refractivity contribution >= 4 is 34.1 Å². The Morgan fingerprint density at radius 3 is 2.57 bits per heavy atom. The van der Waals surface area contributed by atoms with Gasteiger partial charge in [-0.1, -0.05) is 54.6 Å². The topological polar surface area (TPSA) is 56.2 Å². The lowest BCUT2D eigenvalue weighted by molar-refractivity contribution is 0.630. The number of allylic oxidation sites excluding steroid dienone is 1. The van der Waals surface area contributed by atoms with Crippen LogP contribution >= 0.6 is 22.7 Å². The first-order valence-electron chi connectivity index (χ1n) is 11.3. The van der Waals surface area contributed by atoms with Crippen LogP contribution in [-0.2, 0) is 13.5 Å². The van der Waals surface area contributed by atoms with Gasteiger partial charge in [-0.15, -0.1) is 22.7 Å². The van der Waals surface area contributed by atoms with Gasteiger partial charge in [0.05, 0.1) is 27.6 Å². The Balaban J connectivity index is 1.51. The molecule has 0 saturated carbocycles. The highest BCUT2D eigenvalue weighted by Gasteiger charge is 2.19. The number of benzene rings is 2. The molecule has 3 aromatic heterocycles. The minimum Gasteiger partial charge on any atom is -0.291 e. The fourth-order valence-corrected chi connectivity index (χ4v) is 6.03. The van der Waals surface area contributed by atoms with Crippen molar-refractivity contribution in [3.05, 3.63) is 116 Å². The molecule has 6 rings (SSSR count). The number of thiazole rings is 1. The molecule has 0 unspecified atom stereocenters. The van der Waals surface area contributed by atoms with Crippen LogP contribution in [0.1, 0.15) is 16.8 Å². The van der Waals surface area contributed by atoms with Crippen LogP contribution in [-0.4, -0.2) is 14.0 Å². The normalized spacial score (nSPS) is 13.2. The summed E-state index contributed by atoms with van der Waals surface area (Å²) in [5.74, 6) is 0. The van der Waals surface area contributed by atoms with E-state index >= 15 is 0 Å². The van der Waals surface area contributed by atoms with Crippen LogP contribution in [0.5, 0.6) is 0 Å². The van der Waals surface area contributed by atoms with E-state index in [1.807, 2.05) is 59.7 Å². The molecule has 0 atom stereocenters. The van der Waals surface area contributed by atoms with E-state index in [1.54, 1.807) is 16.0 Å². The third-order valence-electron chi connectivity index (χ3n) is 6.28. The fraction of sp³-hybridized carbons (Fsp3) is 0.111. The van der Waals surface area contributed by atoms with Crippen LogP contribution in [0.2, 0.25) is 0 Å². The van der Waals surface area contributed by atoms with Gasteiger partial charge in [0.2, 0.25) is 4.80 Å². The average molecular weight is 498 g/mol. The highest BCUT2D eigenvalue weighted by Crippen LogP contribution is 2.29. The van der Waals surface area contributed by atoms with Gasteiger partial charge in [-0.25, -0.2) is 14.4 Å². The number of para-hydroxylation sites is 1. The molecule has 35 heavy (non-hydrogen) atoms. The number of nitrogens with zero attached hydrogens (tertiary/aromatic N) is 4. The summed E-state index contributed by atoms with van der Waals surface area (Å²) in [5.41, 5.74) is 10.1. The van der Waals surface area contributed by atoms with E-state index in [0.717, 1.165) is 34.1 Å². The molecule has 8 heteroatoms. The van der Waals surface area contributed by atoms with Crippen molar-refractivity contribution in [2.75, 3.05) is 5.43 Å². The number of hydrogen-bond donors (Lipinski definition) is 1. The predicted octanol–water partition coefficient (Wildman–Crippen LogP) is 5.45. The van der Waals surface area contributed by atoms with Gasteiger partial charge in [-0.2, -0.15) is 0 Å². The van der Waals surface area contributed by atoms with Crippen molar-refractivity contribution in [2.45, 2.75) is 13.3 Å². The summed E-state index contributed by atoms with van der Waals surface area (Å²) < 4.78 is 5.52. The van der Waals surface area contributed by atoms with Gasteiger partial charge >= 0.3 is 0 Å². The van der Waals surface area contributed by atoms with E-state index in [9.17, 15) is 4.79 Å². The number of aromatic nitrogens is 3. The molecule has 2 aromatic carbocycles. The summed E-state index contributed by atoms with van der Waals surface area (Å²) in [5, 5.41) is 4.16. The van der Waals surface area contributed by atoms with Gasteiger partial charge in [0.25, 0.3) is 5.56 Å². The second-order valence-electron chi connectivity index (χ2n) is 8.33. The first-order chi connectivity index (χ1) is 17.1. The van der Waals surface area contributed by atoms with Crippen molar-refractivity contribution in [1.82, 2.24) is 14.0 Å². The first kappa shape index (κ1) is 21.6. The summed E-state index contributed by atoms with van der Waals surface area (Å²) in [7, 11) is 1.89. The molecule has 1 aliphatic rings. The zero-order chi connectivity index (χ0) is 23.9. The molecule has 0 fully saturated rings. The molecule has 0 bridgehead atoms. The molecule has 0 amide bonds. The van der Waals surface area contributed by atoms with Gasteiger partial charge in [0.15, 0.2) is 5.69 Å². The van der Waals surface area contributed by atoms with Crippen LogP contribution in [0, 0.1) is 6.92 Å². The summed E-state index contributed by atoms with van der Waals surface area (Å²) in [4.78, 5) is 20.2. The Labute approximate surface area is 210 Å². The maximum Gasteiger partial charge on any atom is 0.297 e. The summed E-state index contributed by atoms with van der Waals surface area (Å²) in [6.45, 7) is 1.93. The van der Waals surface area contributed by atoms with Crippen molar-refractivity contribution in [3.63, 3.8) is 0 Å². The van der Waals surface area contributed by atoms with Crippen LogP contribution in [0.15, 0.2) is 93.4 Å². The third-order valence-corrected chi connectivity index (χ3v) is 8.00. The van der Waals surface area contributed by atoms with E-state index in [2.05, 4.69) is 52.6 Å². The third kappa shape index (κ3) is 3.71. The molecular formula is C27H23N5OS2. The molecule has 0 saturated heterocycles. The zero-order valence-corrected chi connectivity index (χ0v) is 20.9. The molecule has 0 aliphatic heterocycles. The van der Waals surface area contributed by atoms with Gasteiger partial charge < -0.3 is 0 Å². The molecule has 1 N–H and O–H groups in total. The Morgan fingerprint density at radius 1 is 0.971 bits per heavy atom. The Hall–Kier alpha value is -3.88. The molecule has 5 aromatic rings. The predicted molar refractivity (Wildman–Crippen MR) is 144 cm³/mol. The average Bonchev–Trinajstić information content (AvgIpc) is 3.66. The van der Waals surface area contributed by atoms with E-state index in [1.165, 1.54) is 22.5 Å². The van der Waals surface area contributed by atoms with Crippen molar-refractivity contribution < 1.29 is 0 Å². The monoisotopic (exact) mass is 497 g/mol. The van der Waals surface area contributed by atoms with Gasteiger partial charge in [0, 0.05) is 18.0 Å². The Kier molecular flexibility index (Phi) is 5.39. The molecule has 174 valence electrons. The quantitative estimate of drug-likeness (QED) is 0.351. The van der Waals surface area contributed by atoms with Crippen LogP contribution in [0.4, 0.5) is 5.69 Å². The molecule has 1 aliphatic carbocycles. The number of nitrogens with one attached hydrogen (secondary N) is 1. The lowest BCUT2D eigenvalue weighted by atomic mass is 10.1. The van der Waals surface area contributed by atoms with E-state index < -0.39 is 0 Å². The largest absolute Gasteiger partial charge is 0.297 e. The molecule has 0 spiro atoms. The second kappa shape index (κ2) is 8.72. The van der Waals surface area contributed by atoms with Gasteiger partial charge in [-0.3, -0.25) is 14.9 Å². The van der Waals surface area contributed by atoms with Crippen molar-refractivity contribution in [3.8, 4) is 16.3 Å². The molecule has 6 nitrogen and oxygen atoms in total. The number of hydrogen-bond acceptors (Lipinski definition) is 5. The maximum atomic E-state index is 13.5. The number of fused-ring (bicyclic) bond motifs is 1. The Morgan fingerprint density at radius 2 is 1.77 bits per heavy atom. The minimum absolute atomic E-state index is 0.140. The lowest BCUT2D eigenvalue weighted by Gasteiger charge is -2.13. The van der Waals surface area contributed by atoms with E-state index in [4.69, 9.17) is 4.99 Å². The van der Waals surface area contributed by atoms with E-state index in [0.29, 0.717) is 10.5 Å². The molecule has 3 heterocycles. The maximum absolute atomic E-state index is 13.5. The number of rotatable bonds is 5.